The van der Waals surface area contributed by atoms with Crippen molar-refractivity contribution in [2.24, 2.45) is 5.10 Å². The van der Waals surface area contributed by atoms with Gasteiger partial charge in [-0.1, -0.05) is 62.6 Å². The van der Waals surface area contributed by atoms with E-state index in [9.17, 15) is 4.79 Å². The van der Waals surface area contributed by atoms with E-state index in [1.807, 2.05) is 55.5 Å². The van der Waals surface area contributed by atoms with Gasteiger partial charge in [0.2, 0.25) is 0 Å². The van der Waals surface area contributed by atoms with E-state index in [1.54, 1.807) is 6.21 Å². The Morgan fingerprint density at radius 1 is 1.06 bits per heavy atom. The molecular formula is C25H28N6O. The van der Waals surface area contributed by atoms with Gasteiger partial charge in [0.15, 0.2) is 5.65 Å². The first-order valence-electron chi connectivity index (χ1n) is 11.0. The van der Waals surface area contributed by atoms with Crippen molar-refractivity contribution in [3.05, 3.63) is 65.2 Å². The van der Waals surface area contributed by atoms with Crippen LogP contribution in [0.4, 0.5) is 5.82 Å². The number of aromatic nitrogens is 3. The lowest BCUT2D eigenvalue weighted by Crippen LogP contribution is -2.25. The monoisotopic (exact) mass is 428 g/mol. The molecule has 0 saturated heterocycles. The lowest BCUT2D eigenvalue weighted by Gasteiger charge is -2.05. The van der Waals surface area contributed by atoms with Crippen molar-refractivity contribution in [3.63, 3.8) is 0 Å². The SMILES string of the molecule is CCCCCCNC(=O)c1c(N)n(N=Cc2ccccc2C)c2nc3ccccc3nc12. The summed E-state index contributed by atoms with van der Waals surface area (Å²) in [6.07, 6.45) is 6.05. The zero-order valence-corrected chi connectivity index (χ0v) is 18.5. The number of aryl methyl sites for hydroxylation is 1. The van der Waals surface area contributed by atoms with Crippen molar-refractivity contribution in [1.82, 2.24) is 20.0 Å². The fourth-order valence-corrected chi connectivity index (χ4v) is 3.68. The highest BCUT2D eigenvalue weighted by Gasteiger charge is 2.23. The molecule has 0 fully saturated rings. The maximum Gasteiger partial charge on any atom is 0.257 e. The first-order valence-corrected chi connectivity index (χ1v) is 11.0. The fourth-order valence-electron chi connectivity index (χ4n) is 3.68. The number of unbranched alkanes of at least 4 members (excludes halogenated alkanes) is 3. The van der Waals surface area contributed by atoms with Crippen molar-refractivity contribution in [3.8, 4) is 0 Å². The summed E-state index contributed by atoms with van der Waals surface area (Å²) >= 11 is 0. The van der Waals surface area contributed by atoms with E-state index >= 15 is 0 Å². The Morgan fingerprint density at radius 3 is 2.53 bits per heavy atom. The molecule has 0 aliphatic carbocycles. The topological polar surface area (TPSA) is 98.2 Å². The number of nitrogens with zero attached hydrogens (tertiary/aromatic N) is 4. The third-order valence-electron chi connectivity index (χ3n) is 5.52. The number of carbonyl (C=O) groups excluding carboxylic acids is 1. The molecule has 1 amide bonds. The van der Waals surface area contributed by atoms with E-state index in [0.717, 1.165) is 42.3 Å². The summed E-state index contributed by atoms with van der Waals surface area (Å²) < 4.78 is 1.51. The molecule has 0 bridgehead atoms. The van der Waals surface area contributed by atoms with E-state index in [2.05, 4.69) is 17.3 Å². The number of hydrogen-bond donors (Lipinski definition) is 2. The van der Waals surface area contributed by atoms with Crippen LogP contribution in [-0.2, 0) is 0 Å². The summed E-state index contributed by atoms with van der Waals surface area (Å²) in [6, 6.07) is 15.5. The number of carbonyl (C=O) groups is 1. The number of fused-ring (bicyclic) bond motifs is 2. The number of benzene rings is 2. The molecule has 0 atom stereocenters. The molecular weight excluding hydrogens is 400 g/mol. The maximum absolute atomic E-state index is 13.1. The molecule has 32 heavy (non-hydrogen) atoms. The predicted octanol–water partition coefficient (Wildman–Crippen LogP) is 4.67. The van der Waals surface area contributed by atoms with Crippen molar-refractivity contribution in [2.45, 2.75) is 39.5 Å². The molecule has 164 valence electrons. The second-order valence-electron chi connectivity index (χ2n) is 7.87. The molecule has 0 saturated carbocycles. The molecule has 0 radical (unpaired) electrons. The first-order chi connectivity index (χ1) is 15.6. The van der Waals surface area contributed by atoms with Gasteiger partial charge in [-0.25, -0.2) is 9.97 Å². The minimum Gasteiger partial charge on any atom is -0.383 e. The largest absolute Gasteiger partial charge is 0.383 e. The van der Waals surface area contributed by atoms with E-state index < -0.39 is 0 Å². The number of nitrogens with one attached hydrogen (secondary N) is 1. The molecule has 4 aromatic rings. The Morgan fingerprint density at radius 2 is 1.78 bits per heavy atom. The number of rotatable bonds is 8. The minimum absolute atomic E-state index is 0.228. The van der Waals surface area contributed by atoms with Crippen molar-refractivity contribution in [1.29, 1.82) is 0 Å². The number of anilines is 1. The Kier molecular flexibility index (Phi) is 6.44. The quantitative estimate of drug-likeness (QED) is 0.315. The highest BCUT2D eigenvalue weighted by molar-refractivity contribution is 6.10. The van der Waals surface area contributed by atoms with E-state index in [1.165, 1.54) is 4.68 Å². The normalized spacial score (nSPS) is 11.6. The molecule has 2 aromatic carbocycles. The van der Waals surface area contributed by atoms with Crippen molar-refractivity contribution in [2.75, 3.05) is 12.3 Å². The van der Waals surface area contributed by atoms with Crippen LogP contribution >= 0.6 is 0 Å². The van der Waals surface area contributed by atoms with Gasteiger partial charge >= 0.3 is 0 Å². The third kappa shape index (κ3) is 4.32. The molecule has 0 spiro atoms. The van der Waals surface area contributed by atoms with Crippen LogP contribution in [0, 0.1) is 6.92 Å². The van der Waals surface area contributed by atoms with Gasteiger partial charge in [-0.2, -0.15) is 9.78 Å². The Hall–Kier alpha value is -3.74. The predicted molar refractivity (Wildman–Crippen MR) is 130 cm³/mol. The van der Waals surface area contributed by atoms with Gasteiger partial charge in [0.05, 0.1) is 17.2 Å². The number of hydrogen-bond acceptors (Lipinski definition) is 5. The van der Waals surface area contributed by atoms with Crippen molar-refractivity contribution >= 4 is 40.1 Å². The van der Waals surface area contributed by atoms with Crippen molar-refractivity contribution < 1.29 is 4.79 Å². The van der Waals surface area contributed by atoms with E-state index in [-0.39, 0.29) is 11.7 Å². The minimum atomic E-state index is -0.251. The molecule has 3 N–H and O–H groups in total. The van der Waals surface area contributed by atoms with E-state index in [4.69, 9.17) is 15.7 Å². The highest BCUT2D eigenvalue weighted by atomic mass is 16.1. The van der Waals surface area contributed by atoms with Gasteiger partial charge < -0.3 is 11.1 Å². The smallest absolute Gasteiger partial charge is 0.257 e. The lowest BCUT2D eigenvalue weighted by atomic mass is 10.1. The number of nitrogens with two attached hydrogens (primary N) is 1. The first kappa shape index (κ1) is 21.5. The van der Waals surface area contributed by atoms with Crippen LogP contribution in [-0.4, -0.2) is 33.3 Å². The third-order valence-corrected chi connectivity index (χ3v) is 5.52. The van der Waals surface area contributed by atoms with Crippen LogP contribution in [0.1, 0.15) is 54.1 Å². The van der Waals surface area contributed by atoms with Crippen LogP contribution < -0.4 is 11.1 Å². The number of amides is 1. The molecule has 2 heterocycles. The number of nitrogen functional groups attached to an aromatic ring is 1. The molecule has 0 aliphatic heterocycles. The Bertz CT molecular complexity index is 1290. The Labute approximate surface area is 187 Å². The lowest BCUT2D eigenvalue weighted by molar-refractivity contribution is 0.0955. The highest BCUT2D eigenvalue weighted by Crippen LogP contribution is 2.27. The summed E-state index contributed by atoms with van der Waals surface area (Å²) in [5.74, 6) is -0.0235. The van der Waals surface area contributed by atoms with Gasteiger partial charge in [-0.15, -0.1) is 0 Å². The van der Waals surface area contributed by atoms with Crippen LogP contribution in [0.3, 0.4) is 0 Å². The zero-order valence-electron chi connectivity index (χ0n) is 18.5. The maximum atomic E-state index is 13.1. The van der Waals surface area contributed by atoms with Gasteiger partial charge in [0, 0.05) is 6.54 Å². The molecule has 0 aliphatic rings. The van der Waals surface area contributed by atoms with Crippen LogP contribution in [0.25, 0.3) is 22.2 Å². The fraction of sp³-hybridized carbons (Fsp3) is 0.280. The summed E-state index contributed by atoms with van der Waals surface area (Å²) in [6.45, 7) is 4.77. The zero-order chi connectivity index (χ0) is 22.5. The van der Waals surface area contributed by atoms with Crippen LogP contribution in [0.5, 0.6) is 0 Å². The summed E-state index contributed by atoms with van der Waals surface area (Å²) in [5, 5.41) is 7.56. The van der Waals surface area contributed by atoms with E-state index in [0.29, 0.717) is 28.8 Å². The summed E-state index contributed by atoms with van der Waals surface area (Å²) in [7, 11) is 0. The summed E-state index contributed by atoms with van der Waals surface area (Å²) in [5.41, 5.74) is 11.1. The molecule has 4 rings (SSSR count). The average Bonchev–Trinajstić information content (AvgIpc) is 3.07. The van der Waals surface area contributed by atoms with Crippen LogP contribution in [0.15, 0.2) is 53.6 Å². The van der Waals surface area contributed by atoms with Gasteiger partial charge in [0.1, 0.15) is 16.9 Å². The molecule has 2 aromatic heterocycles. The molecule has 7 heteroatoms. The molecule has 7 nitrogen and oxygen atoms in total. The summed E-state index contributed by atoms with van der Waals surface area (Å²) in [4.78, 5) is 22.5. The van der Waals surface area contributed by atoms with Gasteiger partial charge in [-0.05, 0) is 36.6 Å². The Balaban J connectivity index is 1.77. The second kappa shape index (κ2) is 9.60. The number of para-hydroxylation sites is 2. The average molecular weight is 429 g/mol. The van der Waals surface area contributed by atoms with Gasteiger partial charge in [0.25, 0.3) is 5.91 Å². The van der Waals surface area contributed by atoms with Gasteiger partial charge in [-0.3, -0.25) is 4.79 Å². The molecule has 0 unspecified atom stereocenters. The standard InChI is InChI=1S/C25H28N6O/c1-3-4-5-10-15-27-25(32)21-22-24(30-20-14-9-8-13-19(20)29-22)31(23(21)26)28-16-18-12-7-6-11-17(18)2/h6-9,11-14,16H,3-5,10,15,26H2,1-2H3,(H,27,32). The second-order valence-corrected chi connectivity index (χ2v) is 7.87. The van der Waals surface area contributed by atoms with Crippen LogP contribution in [0.2, 0.25) is 0 Å².